The SMILES string of the molecule is CC(C)(C)CN(CCCO)Cc1nc(-c2ccc3c(c2)OCO3)no1. The van der Waals surface area contributed by atoms with Crippen molar-refractivity contribution in [3.8, 4) is 22.9 Å². The number of benzene rings is 1. The van der Waals surface area contributed by atoms with Gasteiger partial charge in [0.25, 0.3) is 0 Å². The van der Waals surface area contributed by atoms with Crippen LogP contribution in [0.15, 0.2) is 22.7 Å². The summed E-state index contributed by atoms with van der Waals surface area (Å²) >= 11 is 0. The van der Waals surface area contributed by atoms with Gasteiger partial charge in [-0.15, -0.1) is 0 Å². The Labute approximate surface area is 147 Å². The van der Waals surface area contributed by atoms with E-state index in [2.05, 4.69) is 35.8 Å². The van der Waals surface area contributed by atoms with Crippen LogP contribution in [0.25, 0.3) is 11.4 Å². The Kier molecular flexibility index (Phi) is 5.24. The Hall–Kier alpha value is -2.12. The normalized spacial score (nSPS) is 13.6. The van der Waals surface area contributed by atoms with Crippen LogP contribution >= 0.6 is 0 Å². The largest absolute Gasteiger partial charge is 0.454 e. The minimum atomic E-state index is 0.148. The standard InChI is InChI=1S/C18H25N3O4/c1-18(2,3)11-21(7-4-8-22)10-16-19-17(20-25-16)13-5-6-14-15(9-13)24-12-23-14/h5-6,9,22H,4,7-8,10-12H2,1-3H3. The van der Waals surface area contributed by atoms with Gasteiger partial charge in [0.1, 0.15) is 0 Å². The number of ether oxygens (including phenoxy) is 2. The molecule has 0 fully saturated rings. The van der Waals surface area contributed by atoms with Gasteiger partial charge in [0.05, 0.1) is 6.54 Å². The van der Waals surface area contributed by atoms with Crippen LogP contribution in [0.3, 0.4) is 0 Å². The fourth-order valence-corrected chi connectivity index (χ4v) is 2.84. The van der Waals surface area contributed by atoms with Crippen molar-refractivity contribution >= 4 is 0 Å². The number of aromatic nitrogens is 2. The first kappa shape index (κ1) is 17.7. The summed E-state index contributed by atoms with van der Waals surface area (Å²) in [6.45, 7) is 9.20. The number of aliphatic hydroxyl groups excluding tert-OH is 1. The monoisotopic (exact) mass is 347 g/mol. The number of hydrogen-bond acceptors (Lipinski definition) is 7. The molecule has 1 aliphatic rings. The van der Waals surface area contributed by atoms with E-state index in [-0.39, 0.29) is 18.8 Å². The van der Waals surface area contributed by atoms with Gasteiger partial charge in [-0.1, -0.05) is 25.9 Å². The predicted molar refractivity (Wildman–Crippen MR) is 92.3 cm³/mol. The maximum Gasteiger partial charge on any atom is 0.241 e. The van der Waals surface area contributed by atoms with Crippen LogP contribution in [0.4, 0.5) is 0 Å². The van der Waals surface area contributed by atoms with Gasteiger partial charge in [-0.2, -0.15) is 4.98 Å². The molecule has 1 aromatic carbocycles. The van der Waals surface area contributed by atoms with Crippen LogP contribution in [-0.2, 0) is 6.54 Å². The van der Waals surface area contributed by atoms with E-state index in [9.17, 15) is 0 Å². The van der Waals surface area contributed by atoms with Crippen molar-refractivity contribution in [2.75, 3.05) is 26.5 Å². The van der Waals surface area contributed by atoms with Gasteiger partial charge in [-0.05, 0) is 30.0 Å². The Bertz CT molecular complexity index is 709. The first-order valence-electron chi connectivity index (χ1n) is 8.50. The molecule has 25 heavy (non-hydrogen) atoms. The number of aliphatic hydroxyl groups is 1. The zero-order valence-electron chi connectivity index (χ0n) is 15.0. The van der Waals surface area contributed by atoms with Crippen molar-refractivity contribution in [2.45, 2.75) is 33.7 Å². The lowest BCUT2D eigenvalue weighted by molar-refractivity contribution is 0.150. The Morgan fingerprint density at radius 1 is 1.20 bits per heavy atom. The lowest BCUT2D eigenvalue weighted by atomic mass is 9.96. The fourth-order valence-electron chi connectivity index (χ4n) is 2.84. The Morgan fingerprint density at radius 2 is 2.00 bits per heavy atom. The van der Waals surface area contributed by atoms with Crippen molar-refractivity contribution in [3.05, 3.63) is 24.1 Å². The molecule has 0 saturated heterocycles. The topological polar surface area (TPSA) is 80.9 Å². The molecule has 7 heteroatoms. The van der Waals surface area contributed by atoms with Crippen LogP contribution < -0.4 is 9.47 Å². The van der Waals surface area contributed by atoms with Crippen LogP contribution in [0, 0.1) is 5.41 Å². The van der Waals surface area contributed by atoms with Gasteiger partial charge < -0.3 is 19.1 Å². The minimum Gasteiger partial charge on any atom is -0.454 e. The van der Waals surface area contributed by atoms with E-state index in [1.165, 1.54) is 0 Å². The van der Waals surface area contributed by atoms with E-state index >= 15 is 0 Å². The molecule has 0 spiro atoms. The van der Waals surface area contributed by atoms with E-state index in [0.717, 1.165) is 30.8 Å². The summed E-state index contributed by atoms with van der Waals surface area (Å²) in [6, 6.07) is 5.59. The molecule has 0 bridgehead atoms. The van der Waals surface area contributed by atoms with E-state index in [4.69, 9.17) is 19.1 Å². The summed E-state index contributed by atoms with van der Waals surface area (Å²) in [6.07, 6.45) is 0.721. The molecule has 0 saturated carbocycles. The van der Waals surface area contributed by atoms with Gasteiger partial charge in [-0.3, -0.25) is 4.90 Å². The predicted octanol–water partition coefficient (Wildman–Crippen LogP) is 2.70. The third-order valence-electron chi connectivity index (χ3n) is 3.79. The summed E-state index contributed by atoms with van der Waals surface area (Å²) in [5.41, 5.74) is 0.979. The average molecular weight is 347 g/mol. The molecule has 0 radical (unpaired) electrons. The number of hydrogen-bond donors (Lipinski definition) is 1. The molecule has 0 atom stereocenters. The maximum atomic E-state index is 9.11. The molecule has 0 aliphatic carbocycles. The molecule has 7 nitrogen and oxygen atoms in total. The molecule has 1 N–H and O–H groups in total. The molecular formula is C18H25N3O4. The lowest BCUT2D eigenvalue weighted by Gasteiger charge is -2.28. The van der Waals surface area contributed by atoms with Crippen molar-refractivity contribution in [1.82, 2.24) is 15.0 Å². The van der Waals surface area contributed by atoms with E-state index in [1.54, 1.807) is 0 Å². The molecule has 1 aliphatic heterocycles. The molecule has 2 aromatic rings. The maximum absolute atomic E-state index is 9.11. The van der Waals surface area contributed by atoms with Gasteiger partial charge in [0.2, 0.25) is 18.5 Å². The smallest absolute Gasteiger partial charge is 0.241 e. The number of rotatable bonds is 7. The highest BCUT2D eigenvalue weighted by molar-refractivity contribution is 5.61. The van der Waals surface area contributed by atoms with E-state index in [0.29, 0.717) is 24.0 Å². The summed E-state index contributed by atoms with van der Waals surface area (Å²) in [5, 5.41) is 13.2. The lowest BCUT2D eigenvalue weighted by Crippen LogP contribution is -2.33. The second-order valence-electron chi connectivity index (χ2n) is 7.43. The van der Waals surface area contributed by atoms with Gasteiger partial charge >= 0.3 is 0 Å². The van der Waals surface area contributed by atoms with Crippen LogP contribution in [-0.4, -0.2) is 46.6 Å². The highest BCUT2D eigenvalue weighted by Crippen LogP contribution is 2.35. The highest BCUT2D eigenvalue weighted by Gasteiger charge is 2.20. The van der Waals surface area contributed by atoms with Crippen LogP contribution in [0.5, 0.6) is 11.5 Å². The number of fused-ring (bicyclic) bond motifs is 1. The summed E-state index contributed by atoms with van der Waals surface area (Å²) in [4.78, 5) is 6.73. The zero-order chi connectivity index (χ0) is 17.9. The second-order valence-corrected chi connectivity index (χ2v) is 7.43. The van der Waals surface area contributed by atoms with E-state index in [1.807, 2.05) is 18.2 Å². The van der Waals surface area contributed by atoms with Crippen molar-refractivity contribution < 1.29 is 19.1 Å². The van der Waals surface area contributed by atoms with Crippen LogP contribution in [0.1, 0.15) is 33.1 Å². The van der Waals surface area contributed by atoms with Gasteiger partial charge in [-0.25, -0.2) is 0 Å². The van der Waals surface area contributed by atoms with Crippen LogP contribution in [0.2, 0.25) is 0 Å². The van der Waals surface area contributed by atoms with E-state index < -0.39 is 0 Å². The quantitative estimate of drug-likeness (QED) is 0.824. The summed E-state index contributed by atoms with van der Waals surface area (Å²) in [7, 11) is 0. The van der Waals surface area contributed by atoms with Gasteiger partial charge in [0.15, 0.2) is 11.5 Å². The second kappa shape index (κ2) is 7.41. The van der Waals surface area contributed by atoms with Crippen molar-refractivity contribution in [1.29, 1.82) is 0 Å². The summed E-state index contributed by atoms with van der Waals surface area (Å²) < 4.78 is 16.1. The highest BCUT2D eigenvalue weighted by atomic mass is 16.7. The average Bonchev–Trinajstić information content (AvgIpc) is 3.19. The number of nitrogens with zero attached hydrogens (tertiary/aromatic N) is 3. The molecule has 0 amide bonds. The molecule has 0 unspecified atom stereocenters. The fraction of sp³-hybridized carbons (Fsp3) is 0.556. The van der Waals surface area contributed by atoms with Gasteiger partial charge in [0, 0.05) is 25.3 Å². The Morgan fingerprint density at radius 3 is 2.76 bits per heavy atom. The first-order chi connectivity index (χ1) is 11.9. The third-order valence-corrected chi connectivity index (χ3v) is 3.79. The minimum absolute atomic E-state index is 0.148. The molecule has 2 heterocycles. The summed E-state index contributed by atoms with van der Waals surface area (Å²) in [5.74, 6) is 2.52. The van der Waals surface area contributed by atoms with Crippen molar-refractivity contribution in [2.24, 2.45) is 5.41 Å². The first-order valence-corrected chi connectivity index (χ1v) is 8.50. The molecule has 1 aromatic heterocycles. The molecular weight excluding hydrogens is 322 g/mol. The molecule has 3 rings (SSSR count). The Balaban J connectivity index is 1.71. The van der Waals surface area contributed by atoms with Crippen molar-refractivity contribution in [3.63, 3.8) is 0 Å². The molecule has 136 valence electrons. The zero-order valence-corrected chi connectivity index (χ0v) is 15.0. The third kappa shape index (κ3) is 4.70.